The highest BCUT2D eigenvalue weighted by Gasteiger charge is 2.45. The van der Waals surface area contributed by atoms with Gasteiger partial charge in [-0.15, -0.1) is 0 Å². The van der Waals surface area contributed by atoms with E-state index in [0.29, 0.717) is 24.5 Å². The Morgan fingerprint density at radius 3 is 2.48 bits per heavy atom. The lowest BCUT2D eigenvalue weighted by atomic mass is 9.99. The van der Waals surface area contributed by atoms with Crippen molar-refractivity contribution < 1.29 is 17.7 Å². The van der Waals surface area contributed by atoms with Crippen LogP contribution in [0.25, 0.3) is 0 Å². The van der Waals surface area contributed by atoms with Gasteiger partial charge in [0.25, 0.3) is 5.91 Å². The van der Waals surface area contributed by atoms with Crippen molar-refractivity contribution in [1.82, 2.24) is 14.8 Å². The fourth-order valence-corrected chi connectivity index (χ4v) is 5.48. The van der Waals surface area contributed by atoms with E-state index in [1.54, 1.807) is 10.4 Å². The van der Waals surface area contributed by atoms with Crippen LogP contribution in [0.15, 0.2) is 10.6 Å². The molecule has 1 aromatic heterocycles. The zero-order valence-electron chi connectivity index (χ0n) is 13.1. The molecule has 3 heterocycles. The first-order valence-electron chi connectivity index (χ1n) is 8.18. The molecule has 2 saturated heterocycles. The van der Waals surface area contributed by atoms with Crippen LogP contribution in [0.5, 0.6) is 0 Å². The van der Waals surface area contributed by atoms with Crippen molar-refractivity contribution in [2.75, 3.05) is 6.26 Å². The quantitative estimate of drug-likeness (QED) is 0.891. The fourth-order valence-electron chi connectivity index (χ4n) is 4.01. The van der Waals surface area contributed by atoms with Crippen molar-refractivity contribution in [2.45, 2.75) is 62.6 Å². The third kappa shape index (κ3) is 2.89. The molecule has 126 valence electrons. The fraction of sp³-hybridized carbons (Fsp3) is 0.733. The maximum Gasteiger partial charge on any atom is 0.273 e. The third-order valence-corrected chi connectivity index (χ3v) is 6.49. The van der Waals surface area contributed by atoms with Crippen molar-refractivity contribution >= 4 is 15.9 Å². The highest BCUT2D eigenvalue weighted by atomic mass is 32.2. The minimum Gasteiger partial charge on any atom is -0.360 e. The lowest BCUT2D eigenvalue weighted by Crippen LogP contribution is -2.52. The van der Waals surface area contributed by atoms with Gasteiger partial charge in [0.1, 0.15) is 5.76 Å². The number of rotatable bonds is 4. The number of carbonyl (C=O) groups excluding carboxylic acids is 1. The van der Waals surface area contributed by atoms with Crippen LogP contribution in [0.1, 0.15) is 60.7 Å². The summed E-state index contributed by atoms with van der Waals surface area (Å²) in [5.74, 6) is 0.998. The number of nitrogens with one attached hydrogen (secondary N) is 1. The molecule has 1 saturated carbocycles. The molecule has 1 N–H and O–H groups in total. The summed E-state index contributed by atoms with van der Waals surface area (Å²) < 4.78 is 30.6. The van der Waals surface area contributed by atoms with E-state index in [0.717, 1.165) is 31.4 Å². The summed E-state index contributed by atoms with van der Waals surface area (Å²) >= 11 is 0. The van der Waals surface area contributed by atoms with Gasteiger partial charge in [-0.3, -0.25) is 4.79 Å². The van der Waals surface area contributed by atoms with E-state index < -0.39 is 10.0 Å². The summed E-state index contributed by atoms with van der Waals surface area (Å²) in [6.45, 7) is 0. The molecular formula is C15H21N3O4S. The molecule has 1 amide bonds. The molecule has 2 atom stereocenters. The number of aromatic nitrogens is 1. The standard InChI is InChI=1S/C15H21N3O4S/c1-23(20,21)18-11-4-5-12(18)7-10(6-11)16-15(19)13-8-14(22-17-13)9-2-3-9/h8-12H,2-7H2,1H3,(H,16,19). The number of sulfonamides is 1. The van der Waals surface area contributed by atoms with Gasteiger partial charge in [-0.1, -0.05) is 5.16 Å². The average molecular weight is 339 g/mol. The molecule has 2 bridgehead atoms. The van der Waals surface area contributed by atoms with Gasteiger partial charge in [0, 0.05) is 30.1 Å². The Kier molecular flexibility index (Phi) is 3.49. The van der Waals surface area contributed by atoms with E-state index >= 15 is 0 Å². The summed E-state index contributed by atoms with van der Waals surface area (Å²) in [6, 6.07) is 1.74. The third-order valence-electron chi connectivity index (χ3n) is 5.12. The minimum absolute atomic E-state index is 0.000856. The predicted molar refractivity (Wildman–Crippen MR) is 82.5 cm³/mol. The average Bonchev–Trinajstić information content (AvgIpc) is 3.12. The van der Waals surface area contributed by atoms with E-state index in [-0.39, 0.29) is 24.0 Å². The molecule has 0 radical (unpaired) electrons. The summed E-state index contributed by atoms with van der Waals surface area (Å²) in [5.41, 5.74) is 0.324. The van der Waals surface area contributed by atoms with Gasteiger partial charge in [-0.05, 0) is 38.5 Å². The van der Waals surface area contributed by atoms with Gasteiger partial charge in [0.05, 0.1) is 6.26 Å². The van der Waals surface area contributed by atoms with Crippen LogP contribution in [-0.2, 0) is 10.0 Å². The second-order valence-electron chi connectivity index (χ2n) is 7.01. The van der Waals surface area contributed by atoms with Gasteiger partial charge in [0.2, 0.25) is 10.0 Å². The van der Waals surface area contributed by atoms with Crippen LogP contribution in [0.2, 0.25) is 0 Å². The predicted octanol–water partition coefficient (Wildman–Crippen LogP) is 1.24. The second kappa shape index (κ2) is 5.31. The molecule has 1 aromatic rings. The van der Waals surface area contributed by atoms with Gasteiger partial charge in [-0.2, -0.15) is 4.31 Å². The number of amides is 1. The van der Waals surface area contributed by atoms with E-state index in [2.05, 4.69) is 10.5 Å². The molecule has 2 aliphatic heterocycles. The Morgan fingerprint density at radius 1 is 1.26 bits per heavy atom. The molecule has 4 rings (SSSR count). The highest BCUT2D eigenvalue weighted by Crippen LogP contribution is 2.40. The van der Waals surface area contributed by atoms with Gasteiger partial charge in [-0.25, -0.2) is 8.42 Å². The maximum absolute atomic E-state index is 12.3. The lowest BCUT2D eigenvalue weighted by molar-refractivity contribution is 0.0900. The van der Waals surface area contributed by atoms with E-state index in [4.69, 9.17) is 4.52 Å². The first kappa shape index (κ1) is 15.1. The van der Waals surface area contributed by atoms with Crippen molar-refractivity contribution in [3.8, 4) is 0 Å². The molecule has 3 aliphatic rings. The molecule has 7 nitrogen and oxygen atoms in total. The molecule has 2 unspecified atom stereocenters. The van der Waals surface area contributed by atoms with Crippen LogP contribution in [0.3, 0.4) is 0 Å². The smallest absolute Gasteiger partial charge is 0.273 e. The first-order chi connectivity index (χ1) is 10.9. The molecule has 1 aliphatic carbocycles. The van der Waals surface area contributed by atoms with Crippen LogP contribution < -0.4 is 5.32 Å². The number of nitrogens with zero attached hydrogens (tertiary/aromatic N) is 2. The van der Waals surface area contributed by atoms with E-state index in [1.165, 1.54) is 6.26 Å². The molecule has 23 heavy (non-hydrogen) atoms. The topological polar surface area (TPSA) is 92.5 Å². The highest BCUT2D eigenvalue weighted by molar-refractivity contribution is 7.88. The van der Waals surface area contributed by atoms with Crippen molar-refractivity contribution in [3.05, 3.63) is 17.5 Å². The largest absolute Gasteiger partial charge is 0.360 e. The van der Waals surface area contributed by atoms with E-state index in [1.807, 2.05) is 0 Å². The normalized spacial score (nSPS) is 31.3. The Hall–Kier alpha value is -1.41. The lowest BCUT2D eigenvalue weighted by Gasteiger charge is -2.37. The molecular weight excluding hydrogens is 318 g/mol. The summed E-state index contributed by atoms with van der Waals surface area (Å²) in [7, 11) is -3.17. The van der Waals surface area contributed by atoms with Crippen LogP contribution in [-0.4, -0.2) is 48.2 Å². The zero-order valence-corrected chi connectivity index (χ0v) is 13.9. The SMILES string of the molecule is CS(=O)(=O)N1C2CCC1CC(NC(=O)c1cc(C3CC3)on1)C2. The number of piperidine rings is 1. The first-order valence-corrected chi connectivity index (χ1v) is 10.0. The van der Waals surface area contributed by atoms with Crippen LogP contribution >= 0.6 is 0 Å². The number of carbonyl (C=O) groups is 1. The summed E-state index contributed by atoms with van der Waals surface area (Å²) in [6.07, 6.45) is 6.56. The molecule has 8 heteroatoms. The van der Waals surface area contributed by atoms with Gasteiger partial charge >= 0.3 is 0 Å². The van der Waals surface area contributed by atoms with Gasteiger partial charge < -0.3 is 9.84 Å². The monoisotopic (exact) mass is 339 g/mol. The second-order valence-corrected chi connectivity index (χ2v) is 8.90. The minimum atomic E-state index is -3.17. The van der Waals surface area contributed by atoms with Crippen LogP contribution in [0.4, 0.5) is 0 Å². The molecule has 3 fully saturated rings. The molecule has 0 spiro atoms. The Morgan fingerprint density at radius 2 is 1.91 bits per heavy atom. The molecule has 0 aromatic carbocycles. The maximum atomic E-state index is 12.3. The van der Waals surface area contributed by atoms with E-state index in [9.17, 15) is 13.2 Å². The summed E-state index contributed by atoms with van der Waals surface area (Å²) in [5, 5.41) is 6.86. The Balaban J connectivity index is 1.41. The summed E-state index contributed by atoms with van der Waals surface area (Å²) in [4.78, 5) is 12.3. The van der Waals surface area contributed by atoms with Crippen LogP contribution in [0, 0.1) is 0 Å². The number of hydrogen-bond acceptors (Lipinski definition) is 5. The number of hydrogen-bond donors (Lipinski definition) is 1. The van der Waals surface area contributed by atoms with Gasteiger partial charge in [0.15, 0.2) is 5.69 Å². The zero-order chi connectivity index (χ0) is 16.2. The van der Waals surface area contributed by atoms with Crippen molar-refractivity contribution in [3.63, 3.8) is 0 Å². The number of fused-ring (bicyclic) bond motifs is 2. The van der Waals surface area contributed by atoms with Crippen molar-refractivity contribution in [1.29, 1.82) is 0 Å². The Bertz CT molecular complexity index is 711. The van der Waals surface area contributed by atoms with Crippen molar-refractivity contribution in [2.24, 2.45) is 0 Å². The Labute approximate surface area is 135 Å².